The zero-order valence-electron chi connectivity index (χ0n) is 15.2. The van der Waals surface area contributed by atoms with E-state index in [-0.39, 0.29) is 6.54 Å². The van der Waals surface area contributed by atoms with Gasteiger partial charge in [-0.05, 0) is 23.6 Å². The molecule has 0 saturated heterocycles. The van der Waals surface area contributed by atoms with Crippen LogP contribution < -0.4 is 5.48 Å². The van der Waals surface area contributed by atoms with Crippen molar-refractivity contribution in [3.8, 4) is 0 Å². The van der Waals surface area contributed by atoms with Gasteiger partial charge in [0.2, 0.25) is 0 Å². The summed E-state index contributed by atoms with van der Waals surface area (Å²) >= 11 is 0. The van der Waals surface area contributed by atoms with E-state index in [9.17, 15) is 23.3 Å². The maximum atomic E-state index is 13.4. The van der Waals surface area contributed by atoms with E-state index in [1.165, 1.54) is 30.0 Å². The minimum atomic E-state index is -4.48. The lowest BCUT2D eigenvalue weighted by atomic mass is 10.0. The Morgan fingerprint density at radius 3 is 2.50 bits per heavy atom. The van der Waals surface area contributed by atoms with Crippen LogP contribution in [0.5, 0.6) is 0 Å². The lowest BCUT2D eigenvalue weighted by Gasteiger charge is -2.31. The van der Waals surface area contributed by atoms with E-state index in [1.807, 2.05) is 0 Å². The summed E-state index contributed by atoms with van der Waals surface area (Å²) < 4.78 is 27.6. The number of hydroxylamine groups is 1. The Labute approximate surface area is 162 Å². The minimum absolute atomic E-state index is 0.265. The number of carbonyl (C=O) groups excluding carboxylic acids is 1. The third-order valence-corrected chi connectivity index (χ3v) is 5.91. The number of nitro benzene ring substituents is 1. The molecule has 1 amide bonds. The van der Waals surface area contributed by atoms with Gasteiger partial charge in [-0.15, -0.1) is 0 Å². The molecule has 0 unspecified atom stereocenters. The minimum Gasteiger partial charge on any atom is -0.289 e. The highest BCUT2D eigenvalue weighted by Gasteiger charge is 2.40. The highest BCUT2D eigenvalue weighted by atomic mass is 32.2. The molecule has 10 nitrogen and oxygen atoms in total. The van der Waals surface area contributed by atoms with Crippen molar-refractivity contribution >= 4 is 21.6 Å². The van der Waals surface area contributed by atoms with Crippen LogP contribution in [0, 0.1) is 16.0 Å². The quantitative estimate of drug-likeness (QED) is 0.384. The number of rotatable bonds is 8. The van der Waals surface area contributed by atoms with E-state index in [0.717, 1.165) is 16.4 Å². The van der Waals surface area contributed by atoms with Gasteiger partial charge in [0.25, 0.3) is 21.6 Å². The van der Waals surface area contributed by atoms with Gasteiger partial charge in [0.05, 0.1) is 4.92 Å². The summed E-state index contributed by atoms with van der Waals surface area (Å²) in [6.45, 7) is 2.94. The molecule has 1 aromatic carbocycles. The van der Waals surface area contributed by atoms with Gasteiger partial charge in [0.15, 0.2) is 4.90 Å². The van der Waals surface area contributed by atoms with Crippen molar-refractivity contribution in [1.29, 1.82) is 0 Å². The second-order valence-corrected chi connectivity index (χ2v) is 8.16. The zero-order valence-corrected chi connectivity index (χ0v) is 16.0. The summed E-state index contributed by atoms with van der Waals surface area (Å²) in [7, 11) is -4.48. The van der Waals surface area contributed by atoms with E-state index < -0.39 is 43.4 Å². The topological polar surface area (TPSA) is 143 Å². The average molecular weight is 408 g/mol. The van der Waals surface area contributed by atoms with Gasteiger partial charge in [0.1, 0.15) is 6.04 Å². The van der Waals surface area contributed by atoms with Crippen LogP contribution in [0.3, 0.4) is 0 Å². The molecule has 0 spiro atoms. The maximum absolute atomic E-state index is 13.4. The van der Waals surface area contributed by atoms with Gasteiger partial charge < -0.3 is 0 Å². The number of aromatic nitrogens is 1. The summed E-state index contributed by atoms with van der Waals surface area (Å²) in [5.74, 6) is -1.48. The van der Waals surface area contributed by atoms with Gasteiger partial charge in [-0.25, -0.2) is 13.9 Å². The second-order valence-electron chi connectivity index (χ2n) is 6.30. The standard InChI is InChI=1S/C17H20N4O6S/c1-12(2)16(17(22)19-23)20(11-13-6-5-9-18-10-13)28(26,27)15-8-4-3-7-14(15)21(24)25/h3-10,12,16,23H,11H2,1-2H3,(H,19,22)/t16-/m1/s1. The number of amides is 1. The molecule has 0 aliphatic carbocycles. The van der Waals surface area contributed by atoms with Crippen molar-refractivity contribution in [3.63, 3.8) is 0 Å². The average Bonchev–Trinajstić information content (AvgIpc) is 2.67. The molecule has 0 radical (unpaired) electrons. The Morgan fingerprint density at radius 1 is 1.29 bits per heavy atom. The van der Waals surface area contributed by atoms with E-state index >= 15 is 0 Å². The molecular weight excluding hydrogens is 388 g/mol. The number of benzene rings is 1. The first-order valence-corrected chi connectivity index (χ1v) is 9.72. The van der Waals surface area contributed by atoms with Crippen molar-refractivity contribution < 1.29 is 23.3 Å². The van der Waals surface area contributed by atoms with Crippen LogP contribution in [0.2, 0.25) is 0 Å². The first kappa shape index (κ1) is 21.4. The number of nitrogens with one attached hydrogen (secondary N) is 1. The number of hydrogen-bond acceptors (Lipinski definition) is 7. The lowest BCUT2D eigenvalue weighted by Crippen LogP contribution is -2.51. The van der Waals surface area contributed by atoms with Crippen LogP contribution in [-0.2, 0) is 21.4 Å². The zero-order chi connectivity index (χ0) is 20.9. The van der Waals surface area contributed by atoms with Crippen LogP contribution in [-0.4, -0.2) is 39.8 Å². The normalized spacial score (nSPS) is 12.8. The second kappa shape index (κ2) is 8.87. The molecule has 0 aliphatic rings. The molecule has 1 heterocycles. The van der Waals surface area contributed by atoms with Crippen LogP contribution in [0.25, 0.3) is 0 Å². The fraction of sp³-hybridized carbons (Fsp3) is 0.294. The molecule has 0 bridgehead atoms. The highest BCUT2D eigenvalue weighted by Crippen LogP contribution is 2.30. The SMILES string of the molecule is CC(C)[C@H](C(=O)NO)N(Cc1cccnc1)S(=O)(=O)c1ccccc1[N+](=O)[O-]. The smallest absolute Gasteiger partial charge is 0.289 e. The molecule has 28 heavy (non-hydrogen) atoms. The first-order chi connectivity index (χ1) is 13.2. The Kier molecular flexibility index (Phi) is 6.78. The fourth-order valence-corrected chi connectivity index (χ4v) is 4.66. The van der Waals surface area contributed by atoms with Crippen LogP contribution in [0.15, 0.2) is 53.7 Å². The van der Waals surface area contributed by atoms with Gasteiger partial charge in [0, 0.05) is 25.0 Å². The van der Waals surface area contributed by atoms with Crippen molar-refractivity contribution in [2.24, 2.45) is 5.92 Å². The molecule has 0 saturated carbocycles. The monoisotopic (exact) mass is 408 g/mol. The molecule has 2 N–H and O–H groups in total. The van der Waals surface area contributed by atoms with Gasteiger partial charge in [-0.3, -0.25) is 25.1 Å². The molecule has 1 aromatic heterocycles. The number of pyridine rings is 1. The summed E-state index contributed by atoms with van der Waals surface area (Å²) in [5.41, 5.74) is 1.35. The van der Waals surface area contributed by atoms with Crippen molar-refractivity contribution in [3.05, 3.63) is 64.5 Å². The van der Waals surface area contributed by atoms with Crippen molar-refractivity contribution in [2.45, 2.75) is 31.3 Å². The number of sulfonamides is 1. The van der Waals surface area contributed by atoms with Crippen molar-refractivity contribution in [2.75, 3.05) is 0 Å². The van der Waals surface area contributed by atoms with Gasteiger partial charge in [-0.2, -0.15) is 4.31 Å². The number of nitro groups is 1. The number of nitrogens with zero attached hydrogens (tertiary/aromatic N) is 3. The Hall–Kier alpha value is -2.89. The Morgan fingerprint density at radius 2 is 1.96 bits per heavy atom. The number of hydrogen-bond donors (Lipinski definition) is 2. The van der Waals surface area contributed by atoms with Crippen LogP contribution in [0.4, 0.5) is 5.69 Å². The molecule has 0 aliphatic heterocycles. The molecule has 0 fully saturated rings. The predicted molar refractivity (Wildman–Crippen MR) is 98.6 cm³/mol. The van der Waals surface area contributed by atoms with E-state index in [2.05, 4.69) is 4.98 Å². The first-order valence-electron chi connectivity index (χ1n) is 8.28. The van der Waals surface area contributed by atoms with E-state index in [4.69, 9.17) is 5.21 Å². The lowest BCUT2D eigenvalue weighted by molar-refractivity contribution is -0.387. The maximum Gasteiger partial charge on any atom is 0.289 e. The predicted octanol–water partition coefficient (Wildman–Crippen LogP) is 1.71. The Balaban J connectivity index is 2.66. The molecule has 1 atom stereocenters. The third-order valence-electron chi connectivity index (χ3n) is 4.03. The van der Waals surface area contributed by atoms with Gasteiger partial charge in [-0.1, -0.05) is 32.0 Å². The highest BCUT2D eigenvalue weighted by molar-refractivity contribution is 7.89. The number of para-hydroxylation sites is 1. The third kappa shape index (κ3) is 4.50. The largest absolute Gasteiger partial charge is 0.289 e. The Bertz CT molecular complexity index is 949. The summed E-state index contributed by atoms with van der Waals surface area (Å²) in [4.78, 5) is 26.2. The molecule has 150 valence electrons. The molecule has 11 heteroatoms. The number of carbonyl (C=O) groups is 1. The van der Waals surface area contributed by atoms with E-state index in [1.54, 1.807) is 26.0 Å². The van der Waals surface area contributed by atoms with Gasteiger partial charge >= 0.3 is 0 Å². The molecule has 2 rings (SSSR count). The molecule has 2 aromatic rings. The molecular formula is C17H20N4O6S. The van der Waals surface area contributed by atoms with E-state index in [0.29, 0.717) is 5.56 Å². The van der Waals surface area contributed by atoms with Crippen molar-refractivity contribution in [1.82, 2.24) is 14.8 Å². The summed E-state index contributed by atoms with van der Waals surface area (Å²) in [5, 5.41) is 20.4. The van der Waals surface area contributed by atoms with Crippen LogP contribution in [0.1, 0.15) is 19.4 Å². The summed E-state index contributed by atoms with van der Waals surface area (Å²) in [6.07, 6.45) is 2.93. The van der Waals surface area contributed by atoms with Crippen LogP contribution >= 0.6 is 0 Å². The fourth-order valence-electron chi connectivity index (χ4n) is 2.79. The summed E-state index contributed by atoms with van der Waals surface area (Å²) in [6, 6.07) is 6.80.